The summed E-state index contributed by atoms with van der Waals surface area (Å²) < 4.78 is 0. The predicted octanol–water partition coefficient (Wildman–Crippen LogP) is 3.84. The normalized spacial score (nSPS) is 37.2. The molecule has 2 heterocycles. The van der Waals surface area contributed by atoms with Crippen molar-refractivity contribution >= 4 is 5.69 Å². The maximum absolute atomic E-state index is 2.70. The molecule has 19 heavy (non-hydrogen) atoms. The molecule has 0 unspecified atom stereocenters. The van der Waals surface area contributed by atoms with Gasteiger partial charge in [0, 0.05) is 30.6 Å². The average molecular weight is 249 g/mol. The van der Waals surface area contributed by atoms with Crippen molar-refractivity contribution in [1.82, 2.24) is 0 Å². The zero-order chi connectivity index (χ0) is 12.4. The van der Waals surface area contributed by atoms with Crippen LogP contribution in [0.5, 0.6) is 0 Å². The molecule has 0 N–H and O–H groups in total. The van der Waals surface area contributed by atoms with Gasteiger partial charge in [-0.2, -0.15) is 0 Å². The molecule has 0 saturated carbocycles. The van der Waals surface area contributed by atoms with E-state index in [1.54, 1.807) is 16.8 Å². The SMILES string of the molecule is C1=C[C@@H]2c3cccc4c3N(C[C@@H]2C1)C[C@@H]1CC=C[C@@H]41. The fourth-order valence-corrected chi connectivity index (χ4v) is 4.81. The molecule has 0 aromatic heterocycles. The standard InChI is InChI=1S/C18H19N/c1-4-12-10-19-11-13-5-2-7-15(13)17-9-3-8-16(18(17)19)14(12)6-1/h1-3,6-9,12-15H,4-5,10-11H2/t12-,13-,14-,15+/m0/s1. The number of anilines is 1. The molecule has 96 valence electrons. The summed E-state index contributed by atoms with van der Waals surface area (Å²) in [6.07, 6.45) is 12.2. The van der Waals surface area contributed by atoms with Gasteiger partial charge in [-0.25, -0.2) is 0 Å². The Morgan fingerprint density at radius 3 is 2.00 bits per heavy atom. The van der Waals surface area contributed by atoms with Gasteiger partial charge in [-0.05, 0) is 35.8 Å². The van der Waals surface area contributed by atoms with E-state index in [2.05, 4.69) is 47.4 Å². The Labute approximate surface area is 114 Å². The van der Waals surface area contributed by atoms with Crippen molar-refractivity contribution in [1.29, 1.82) is 0 Å². The van der Waals surface area contributed by atoms with Crippen LogP contribution >= 0.6 is 0 Å². The topological polar surface area (TPSA) is 3.24 Å². The first kappa shape index (κ1) is 10.3. The third-order valence-corrected chi connectivity index (χ3v) is 5.62. The molecule has 4 aliphatic rings. The number of para-hydroxylation sites is 1. The molecule has 1 aromatic rings. The highest BCUT2D eigenvalue weighted by Gasteiger charge is 2.41. The van der Waals surface area contributed by atoms with E-state index in [0.29, 0.717) is 11.8 Å². The van der Waals surface area contributed by atoms with Gasteiger partial charge in [-0.3, -0.25) is 0 Å². The van der Waals surface area contributed by atoms with Gasteiger partial charge in [0.25, 0.3) is 0 Å². The number of hydrogen-bond acceptors (Lipinski definition) is 1. The van der Waals surface area contributed by atoms with E-state index in [-0.39, 0.29) is 0 Å². The maximum atomic E-state index is 2.70. The van der Waals surface area contributed by atoms with Crippen LogP contribution in [0.2, 0.25) is 0 Å². The Hall–Kier alpha value is -1.50. The van der Waals surface area contributed by atoms with E-state index >= 15 is 0 Å². The molecule has 0 radical (unpaired) electrons. The second-order valence-electron chi connectivity index (χ2n) is 6.59. The smallest absolute Gasteiger partial charge is 0.0443 e. The molecular weight excluding hydrogens is 230 g/mol. The van der Waals surface area contributed by atoms with Crippen molar-refractivity contribution < 1.29 is 0 Å². The highest BCUT2D eigenvalue weighted by molar-refractivity contribution is 5.68. The minimum atomic E-state index is 0.688. The third-order valence-electron chi connectivity index (χ3n) is 5.62. The van der Waals surface area contributed by atoms with Crippen LogP contribution in [0.15, 0.2) is 42.5 Å². The van der Waals surface area contributed by atoms with Crippen molar-refractivity contribution in [3.05, 3.63) is 53.6 Å². The molecule has 0 fully saturated rings. The molecule has 2 aliphatic heterocycles. The lowest BCUT2D eigenvalue weighted by Crippen LogP contribution is -2.43. The fourth-order valence-electron chi connectivity index (χ4n) is 4.81. The van der Waals surface area contributed by atoms with Crippen molar-refractivity contribution in [3.8, 4) is 0 Å². The molecule has 0 bridgehead atoms. The first-order chi connectivity index (χ1) is 9.42. The lowest BCUT2D eigenvalue weighted by Gasteiger charge is -2.46. The lowest BCUT2D eigenvalue weighted by atomic mass is 9.75. The lowest BCUT2D eigenvalue weighted by molar-refractivity contribution is 0.410. The quantitative estimate of drug-likeness (QED) is 0.631. The molecule has 0 spiro atoms. The number of benzene rings is 1. The first-order valence-corrected chi connectivity index (χ1v) is 7.63. The Balaban J connectivity index is 1.73. The molecule has 5 rings (SSSR count). The molecule has 4 atom stereocenters. The Morgan fingerprint density at radius 1 is 0.842 bits per heavy atom. The average Bonchev–Trinajstić information content (AvgIpc) is 3.07. The summed E-state index contributed by atoms with van der Waals surface area (Å²) in [4.78, 5) is 2.70. The molecule has 0 saturated heterocycles. The molecule has 1 nitrogen and oxygen atoms in total. The van der Waals surface area contributed by atoms with Crippen molar-refractivity contribution in [2.24, 2.45) is 11.8 Å². The summed E-state index contributed by atoms with van der Waals surface area (Å²) in [6, 6.07) is 7.03. The van der Waals surface area contributed by atoms with E-state index in [1.165, 1.54) is 25.9 Å². The third kappa shape index (κ3) is 1.26. The van der Waals surface area contributed by atoms with E-state index in [0.717, 1.165) is 11.8 Å². The minimum Gasteiger partial charge on any atom is -0.370 e. The highest BCUT2D eigenvalue weighted by Crippen LogP contribution is 2.52. The van der Waals surface area contributed by atoms with Crippen molar-refractivity contribution in [2.75, 3.05) is 18.0 Å². The van der Waals surface area contributed by atoms with Gasteiger partial charge in [0.1, 0.15) is 0 Å². The first-order valence-electron chi connectivity index (χ1n) is 7.63. The van der Waals surface area contributed by atoms with Gasteiger partial charge >= 0.3 is 0 Å². The van der Waals surface area contributed by atoms with Crippen molar-refractivity contribution in [2.45, 2.75) is 24.7 Å². The Bertz CT molecular complexity index is 549. The Morgan fingerprint density at radius 2 is 1.42 bits per heavy atom. The second kappa shape index (κ2) is 3.53. The fraction of sp³-hybridized carbons (Fsp3) is 0.444. The monoisotopic (exact) mass is 249 g/mol. The van der Waals surface area contributed by atoms with Gasteiger partial charge in [0.15, 0.2) is 0 Å². The van der Waals surface area contributed by atoms with Crippen LogP contribution in [0.25, 0.3) is 0 Å². The zero-order valence-electron chi connectivity index (χ0n) is 11.1. The second-order valence-corrected chi connectivity index (χ2v) is 6.59. The number of hydrogen-bond donors (Lipinski definition) is 0. The van der Waals surface area contributed by atoms with Gasteiger partial charge in [-0.15, -0.1) is 0 Å². The summed E-state index contributed by atoms with van der Waals surface area (Å²) in [7, 11) is 0. The summed E-state index contributed by atoms with van der Waals surface area (Å²) in [6.45, 7) is 2.54. The van der Waals surface area contributed by atoms with E-state index in [4.69, 9.17) is 0 Å². The van der Waals surface area contributed by atoms with E-state index in [9.17, 15) is 0 Å². The van der Waals surface area contributed by atoms with Crippen LogP contribution in [-0.2, 0) is 0 Å². The number of rotatable bonds is 0. The molecule has 1 aromatic carbocycles. The summed E-state index contributed by atoms with van der Waals surface area (Å²) in [5.41, 5.74) is 4.78. The summed E-state index contributed by atoms with van der Waals surface area (Å²) >= 11 is 0. The largest absolute Gasteiger partial charge is 0.370 e. The number of fused-ring (bicyclic) bond motifs is 4. The van der Waals surface area contributed by atoms with E-state index < -0.39 is 0 Å². The van der Waals surface area contributed by atoms with Gasteiger partial charge < -0.3 is 4.90 Å². The minimum absolute atomic E-state index is 0.688. The Kier molecular flexibility index (Phi) is 1.92. The van der Waals surface area contributed by atoms with Gasteiger partial charge in [0.05, 0.1) is 0 Å². The van der Waals surface area contributed by atoms with Crippen LogP contribution in [0.1, 0.15) is 35.8 Å². The number of nitrogens with zero attached hydrogens (tertiary/aromatic N) is 1. The molecule has 0 amide bonds. The van der Waals surface area contributed by atoms with Crippen LogP contribution in [0.3, 0.4) is 0 Å². The molecule has 1 heteroatoms. The summed E-state index contributed by atoms with van der Waals surface area (Å²) in [5.74, 6) is 3.03. The van der Waals surface area contributed by atoms with Gasteiger partial charge in [-0.1, -0.05) is 42.5 Å². The number of allylic oxidation sites excluding steroid dienone is 4. The van der Waals surface area contributed by atoms with Crippen LogP contribution < -0.4 is 4.90 Å². The van der Waals surface area contributed by atoms with Crippen LogP contribution in [0.4, 0.5) is 5.69 Å². The molecular formula is C18H19N. The summed E-state index contributed by atoms with van der Waals surface area (Å²) in [5, 5.41) is 0. The van der Waals surface area contributed by atoms with Crippen LogP contribution in [0, 0.1) is 11.8 Å². The molecule has 2 aliphatic carbocycles. The van der Waals surface area contributed by atoms with Crippen molar-refractivity contribution in [3.63, 3.8) is 0 Å². The maximum Gasteiger partial charge on any atom is 0.0443 e. The predicted molar refractivity (Wildman–Crippen MR) is 78.6 cm³/mol. The van der Waals surface area contributed by atoms with Crippen LogP contribution in [-0.4, -0.2) is 13.1 Å². The van der Waals surface area contributed by atoms with E-state index in [1.807, 2.05) is 0 Å². The zero-order valence-corrected chi connectivity index (χ0v) is 11.1. The van der Waals surface area contributed by atoms with Gasteiger partial charge in [0.2, 0.25) is 0 Å². The highest BCUT2D eigenvalue weighted by atomic mass is 15.2.